The molecule has 0 radical (unpaired) electrons. The summed E-state index contributed by atoms with van der Waals surface area (Å²) < 4.78 is 19.3. The maximum Gasteiger partial charge on any atom is 0.158 e. The molecule has 6 heterocycles. The van der Waals surface area contributed by atoms with Gasteiger partial charge in [-0.2, -0.15) is 0 Å². The summed E-state index contributed by atoms with van der Waals surface area (Å²) >= 11 is 9.26. The average Bonchev–Trinajstić information content (AvgIpc) is 1.53. The van der Waals surface area contributed by atoms with E-state index in [0.717, 1.165) is 50.4 Å². The van der Waals surface area contributed by atoms with Gasteiger partial charge in [0, 0.05) is 105 Å². The van der Waals surface area contributed by atoms with Crippen LogP contribution in [0.25, 0.3) is 145 Å². The fourth-order valence-corrected chi connectivity index (χ4v) is 24.8. The van der Waals surface area contributed by atoms with Gasteiger partial charge >= 0.3 is 0 Å². The summed E-state index contributed by atoms with van der Waals surface area (Å²) in [5.41, 5.74) is 23.8. The van der Waals surface area contributed by atoms with Crippen molar-refractivity contribution < 1.29 is 4.42 Å². The Balaban J connectivity index is 0.0000000956. The van der Waals surface area contributed by atoms with E-state index < -0.39 is 5.41 Å². The van der Waals surface area contributed by atoms with Gasteiger partial charge in [-0.15, -0.1) is 56.7 Å². The van der Waals surface area contributed by atoms with Crippen LogP contribution >= 0.6 is 56.7 Å². The first-order chi connectivity index (χ1) is 60.2. The lowest BCUT2D eigenvalue weighted by molar-refractivity contribution is 0.660. The van der Waals surface area contributed by atoms with E-state index >= 15 is 0 Å². The Morgan fingerprint density at radius 2 is 0.508 bits per heavy atom. The first kappa shape index (κ1) is 73.2. The van der Waals surface area contributed by atoms with Crippen molar-refractivity contribution in [3.05, 3.63) is 434 Å². The van der Waals surface area contributed by atoms with Crippen LogP contribution in [0.3, 0.4) is 0 Å². The number of anilines is 8. The molecule has 10 heteroatoms. The van der Waals surface area contributed by atoms with E-state index in [1.54, 1.807) is 0 Å². The van der Waals surface area contributed by atoms with Gasteiger partial charge in [0.1, 0.15) is 5.58 Å². The van der Waals surface area contributed by atoms with Crippen molar-refractivity contribution in [2.45, 2.75) is 24.7 Å². The largest absolute Gasteiger partial charge is 0.454 e. The van der Waals surface area contributed by atoms with Gasteiger partial charge in [0.15, 0.2) is 5.58 Å². The number of benzene rings is 18. The lowest BCUT2D eigenvalue weighted by Gasteiger charge is -2.34. The molecular weight excluding hydrogens is 1580 g/mol. The molecule has 5 nitrogen and oxygen atoms in total. The Morgan fingerprint density at radius 3 is 0.934 bits per heavy atom. The van der Waals surface area contributed by atoms with Crippen LogP contribution in [0.5, 0.6) is 0 Å². The third-order valence-corrected chi connectivity index (χ3v) is 30.7. The van der Waals surface area contributed by atoms with Crippen molar-refractivity contribution in [1.29, 1.82) is 0 Å². The van der Waals surface area contributed by atoms with Gasteiger partial charge in [-0.3, -0.25) is 0 Å². The zero-order valence-electron chi connectivity index (χ0n) is 66.6. The quantitative estimate of drug-likeness (QED) is 0.110. The van der Waals surface area contributed by atoms with Gasteiger partial charge in [-0.25, -0.2) is 0 Å². The molecule has 122 heavy (non-hydrogen) atoms. The van der Waals surface area contributed by atoms with Gasteiger partial charge in [-0.05, 0) is 153 Å². The number of furan rings is 1. The average molecular weight is 1650 g/mol. The van der Waals surface area contributed by atoms with E-state index in [9.17, 15) is 0 Å². The minimum absolute atomic E-state index is 0.0211. The highest BCUT2D eigenvalue weighted by Crippen LogP contribution is 2.58. The fraction of sp³-hybridized carbons (Fsp3) is 0.0357. The molecule has 0 unspecified atom stereocenters. The second-order valence-corrected chi connectivity index (χ2v) is 37.2. The minimum Gasteiger partial charge on any atom is -0.454 e. The predicted octanol–water partition coefficient (Wildman–Crippen LogP) is 34.1. The van der Waals surface area contributed by atoms with Crippen LogP contribution in [0.1, 0.15) is 47.2 Å². The number of hydrogen-bond donors (Lipinski definition) is 4. The molecule has 26 rings (SSSR count). The normalized spacial score (nSPS) is 12.8. The van der Waals surface area contributed by atoms with Crippen molar-refractivity contribution in [1.82, 2.24) is 0 Å². The summed E-state index contributed by atoms with van der Waals surface area (Å²) in [6.45, 7) is 4.66. The Morgan fingerprint density at radius 1 is 0.213 bits per heavy atom. The standard InChI is InChI=1S/C37H25NS.C27H21NS.C24H15NOS.C24H15NS2/c1-3-12-25(13-4-1)37(26-14-5-2-6-15-26)32-19-9-7-16-28(32)29-23-22-27(24-33(29)37)38-34-20-11-18-31-30-17-8-10-21-35(30)39-36(31)34;1-27(2)22-11-5-3-8-18(22)19-15-14-17(16-23(19)27)28-24-12-7-10-21-20-9-4-6-13-25(20)29-26(21)24;2*1-3-13-21-15(7-1)17-9-5-11-19(23(17)26-21)25-20-12-6-10-18-16-8-2-4-14-22(16)27-24(18)20/h1-24,38H;3-16,28H,1-2H3;2*1-14,25H. The summed E-state index contributed by atoms with van der Waals surface area (Å²) in [5.74, 6) is 0. The van der Waals surface area contributed by atoms with Crippen LogP contribution in [0.4, 0.5) is 45.5 Å². The molecular formula is C112H76N4OS5. The van der Waals surface area contributed by atoms with Crippen LogP contribution in [0.15, 0.2) is 405 Å². The molecule has 0 spiro atoms. The number of para-hydroxylation sites is 2. The highest BCUT2D eigenvalue weighted by atomic mass is 32.1. The maximum absolute atomic E-state index is 6.17. The van der Waals surface area contributed by atoms with Crippen LogP contribution in [0, 0.1) is 0 Å². The van der Waals surface area contributed by atoms with Crippen molar-refractivity contribution in [2.24, 2.45) is 0 Å². The summed E-state index contributed by atoms with van der Waals surface area (Å²) in [4.78, 5) is 0. The van der Waals surface area contributed by atoms with Crippen molar-refractivity contribution in [3.63, 3.8) is 0 Å². The molecule has 0 atom stereocenters. The van der Waals surface area contributed by atoms with Gasteiger partial charge < -0.3 is 25.7 Å². The number of fused-ring (bicyclic) bond motifs is 24. The SMILES string of the molecule is CC1(C)c2ccccc2-c2ccc(Nc3cccc4c3sc3ccccc34)cc21.c1ccc(C2(c3ccccc3)c3ccccc3-c3ccc(Nc4cccc5c4sc4ccccc45)cc32)cc1.c1ccc2c(c1)oc1c(Nc3cccc4c3sc3ccccc34)cccc12.c1ccc2c(c1)sc1c(Nc3cccc4c3sc3ccccc34)cccc12. The lowest BCUT2D eigenvalue weighted by Crippen LogP contribution is -2.28. The van der Waals surface area contributed by atoms with Crippen molar-refractivity contribution in [3.8, 4) is 22.3 Å². The molecule has 18 aromatic carbocycles. The van der Waals surface area contributed by atoms with Crippen LogP contribution in [-0.4, -0.2) is 0 Å². The minimum atomic E-state index is -0.393. The predicted molar refractivity (Wildman–Crippen MR) is 531 cm³/mol. The van der Waals surface area contributed by atoms with Gasteiger partial charge in [0.05, 0.1) is 63.0 Å². The van der Waals surface area contributed by atoms with Gasteiger partial charge in [0.2, 0.25) is 0 Å². The smallest absolute Gasteiger partial charge is 0.158 e. The van der Waals surface area contributed by atoms with Crippen LogP contribution in [0.2, 0.25) is 0 Å². The van der Waals surface area contributed by atoms with E-state index in [1.807, 2.05) is 68.8 Å². The zero-order chi connectivity index (χ0) is 81.0. The van der Waals surface area contributed by atoms with Crippen molar-refractivity contribution >= 4 is 225 Å². The topological polar surface area (TPSA) is 61.3 Å². The molecule has 0 saturated heterocycles. The summed E-state index contributed by atoms with van der Waals surface area (Å²) in [7, 11) is 0. The number of rotatable bonds is 10. The Kier molecular flexibility index (Phi) is 18.1. The monoisotopic (exact) mass is 1650 g/mol. The first-order valence-corrected chi connectivity index (χ1v) is 45.4. The van der Waals surface area contributed by atoms with E-state index in [2.05, 4.69) is 423 Å². The molecule has 6 aromatic heterocycles. The Bertz CT molecular complexity index is 7740. The van der Waals surface area contributed by atoms with Crippen molar-refractivity contribution in [2.75, 3.05) is 21.3 Å². The lowest BCUT2D eigenvalue weighted by atomic mass is 9.67. The molecule has 580 valence electrons. The Labute approximate surface area is 725 Å². The van der Waals surface area contributed by atoms with E-state index in [4.69, 9.17) is 4.42 Å². The van der Waals surface area contributed by atoms with E-state index in [1.165, 1.54) is 174 Å². The van der Waals surface area contributed by atoms with E-state index in [-0.39, 0.29) is 5.41 Å². The molecule has 0 fully saturated rings. The fourth-order valence-electron chi connectivity index (χ4n) is 19.0. The van der Waals surface area contributed by atoms with Crippen LogP contribution in [-0.2, 0) is 10.8 Å². The maximum atomic E-state index is 6.17. The van der Waals surface area contributed by atoms with Gasteiger partial charge in [0.25, 0.3) is 0 Å². The molecule has 0 bridgehead atoms. The second-order valence-electron chi connectivity index (χ2n) is 31.9. The number of thiophene rings is 5. The number of nitrogens with one attached hydrogen (secondary N) is 4. The zero-order valence-corrected chi connectivity index (χ0v) is 70.6. The molecule has 0 aliphatic heterocycles. The highest BCUT2D eigenvalue weighted by Gasteiger charge is 2.46. The molecule has 2 aliphatic carbocycles. The number of hydrogen-bond acceptors (Lipinski definition) is 10. The van der Waals surface area contributed by atoms with E-state index in [0.29, 0.717) is 0 Å². The Hall–Kier alpha value is -13.9. The second kappa shape index (κ2) is 30.1. The summed E-state index contributed by atoms with van der Waals surface area (Å²) in [5, 5.41) is 30.4. The summed E-state index contributed by atoms with van der Waals surface area (Å²) in [6.07, 6.45) is 0. The molecule has 2 aliphatic rings. The third kappa shape index (κ3) is 12.3. The molecule has 24 aromatic rings. The van der Waals surface area contributed by atoms with Gasteiger partial charge in [-0.1, -0.05) is 317 Å². The molecule has 4 N–H and O–H groups in total. The summed E-state index contributed by atoms with van der Waals surface area (Å²) in [6, 6.07) is 144. The molecule has 0 amide bonds. The van der Waals surface area contributed by atoms with Crippen LogP contribution < -0.4 is 21.3 Å². The molecule has 0 saturated carbocycles. The third-order valence-electron chi connectivity index (χ3n) is 24.6. The first-order valence-electron chi connectivity index (χ1n) is 41.3. The highest BCUT2D eigenvalue weighted by molar-refractivity contribution is 7.28.